The minimum atomic E-state index is -4.65. The van der Waals surface area contributed by atoms with Crippen molar-refractivity contribution in [3.05, 3.63) is 63.8 Å². The van der Waals surface area contributed by atoms with Crippen LogP contribution in [0, 0.1) is 15.9 Å². The van der Waals surface area contributed by atoms with Crippen molar-refractivity contribution in [2.75, 3.05) is 0 Å². The molecule has 1 aromatic carbocycles. The normalized spacial score (nSPS) is 11.7. The van der Waals surface area contributed by atoms with Gasteiger partial charge >= 0.3 is 11.9 Å². The van der Waals surface area contributed by atoms with Gasteiger partial charge in [-0.15, -0.1) is 0 Å². The van der Waals surface area contributed by atoms with Gasteiger partial charge in [0.1, 0.15) is 5.69 Å². The van der Waals surface area contributed by atoms with Crippen LogP contribution in [0.4, 0.5) is 23.2 Å². The van der Waals surface area contributed by atoms with E-state index in [0.29, 0.717) is 12.1 Å². The van der Waals surface area contributed by atoms with Gasteiger partial charge in [0.05, 0.1) is 16.3 Å². The van der Waals surface area contributed by atoms with Crippen LogP contribution < -0.4 is 0 Å². The van der Waals surface area contributed by atoms with Crippen LogP contribution in [0.5, 0.6) is 0 Å². The molecule has 0 unspecified atom stereocenters. The zero-order valence-corrected chi connectivity index (χ0v) is 13.2. The smallest absolute Gasteiger partial charge is 0.449 e. The average Bonchev–Trinajstić information content (AvgIpc) is 3.21. The largest absolute Gasteiger partial charge is 0.450 e. The number of halogens is 4. The van der Waals surface area contributed by atoms with Crippen LogP contribution in [0.1, 0.15) is 18.4 Å². The maximum atomic E-state index is 13.6. The molecular formula is C16H11F4N3O3. The first-order valence-electron chi connectivity index (χ1n) is 7.41. The molecule has 2 aromatic heterocycles. The Morgan fingerprint density at radius 1 is 1.23 bits per heavy atom. The third-order valence-corrected chi connectivity index (χ3v) is 3.63. The number of furan rings is 1. The number of rotatable bonds is 4. The summed E-state index contributed by atoms with van der Waals surface area (Å²) in [6, 6.07) is 6.52. The number of alkyl halides is 3. The van der Waals surface area contributed by atoms with E-state index in [9.17, 15) is 27.7 Å². The fourth-order valence-corrected chi connectivity index (χ4v) is 2.38. The number of nitro benzene ring substituents is 1. The van der Waals surface area contributed by atoms with E-state index in [1.54, 1.807) is 6.92 Å². The minimum Gasteiger partial charge on any atom is -0.450 e. The zero-order chi connectivity index (χ0) is 19.1. The van der Waals surface area contributed by atoms with Gasteiger partial charge in [-0.1, -0.05) is 6.92 Å². The van der Waals surface area contributed by atoms with Crippen LogP contribution in [-0.4, -0.2) is 14.7 Å². The van der Waals surface area contributed by atoms with Crippen LogP contribution in [0.25, 0.3) is 17.1 Å². The highest BCUT2D eigenvalue weighted by Crippen LogP contribution is 2.35. The van der Waals surface area contributed by atoms with Crippen molar-refractivity contribution in [1.29, 1.82) is 0 Å². The molecule has 0 aliphatic rings. The van der Waals surface area contributed by atoms with Gasteiger partial charge in [0.2, 0.25) is 11.6 Å². The van der Waals surface area contributed by atoms with Gasteiger partial charge in [-0.25, -0.2) is 4.68 Å². The van der Waals surface area contributed by atoms with E-state index in [1.165, 1.54) is 16.8 Å². The van der Waals surface area contributed by atoms with Gasteiger partial charge in [-0.2, -0.15) is 22.7 Å². The summed E-state index contributed by atoms with van der Waals surface area (Å²) in [4.78, 5) is 10.0. The van der Waals surface area contributed by atoms with E-state index in [1.807, 2.05) is 0 Å². The average molecular weight is 369 g/mol. The molecule has 0 bridgehead atoms. The summed E-state index contributed by atoms with van der Waals surface area (Å²) in [6.45, 7) is 1.78. The standard InChI is InChI=1S/C16H11F4N3O3/c1-2-9-7-13(14-5-6-15(26-14)16(18,19)20)22(21-9)10-3-4-11(17)12(8-10)23(24)25/h3-8H,2H2,1H3. The first kappa shape index (κ1) is 17.6. The highest BCUT2D eigenvalue weighted by molar-refractivity contribution is 5.58. The molecule has 136 valence electrons. The van der Waals surface area contributed by atoms with Gasteiger partial charge in [0.15, 0.2) is 5.76 Å². The van der Waals surface area contributed by atoms with Crippen LogP contribution >= 0.6 is 0 Å². The third kappa shape index (κ3) is 3.17. The van der Waals surface area contributed by atoms with Crippen molar-refractivity contribution >= 4 is 5.69 Å². The quantitative estimate of drug-likeness (QED) is 0.377. The van der Waals surface area contributed by atoms with Crippen molar-refractivity contribution in [3.63, 3.8) is 0 Å². The number of nitrogens with zero attached hydrogens (tertiary/aromatic N) is 3. The second-order valence-electron chi connectivity index (χ2n) is 5.34. The molecule has 0 amide bonds. The molecule has 0 fully saturated rings. The summed E-state index contributed by atoms with van der Waals surface area (Å²) in [5, 5.41) is 15.1. The fourth-order valence-electron chi connectivity index (χ4n) is 2.38. The molecule has 6 nitrogen and oxygen atoms in total. The van der Waals surface area contributed by atoms with E-state index in [4.69, 9.17) is 4.42 Å². The van der Waals surface area contributed by atoms with Crippen LogP contribution in [0.3, 0.4) is 0 Å². The van der Waals surface area contributed by atoms with E-state index in [0.717, 1.165) is 24.3 Å². The summed E-state index contributed by atoms with van der Waals surface area (Å²) < 4.78 is 57.9. The first-order valence-corrected chi connectivity index (χ1v) is 7.41. The highest BCUT2D eigenvalue weighted by atomic mass is 19.4. The molecule has 2 heterocycles. The van der Waals surface area contributed by atoms with E-state index < -0.39 is 28.4 Å². The fraction of sp³-hybridized carbons (Fsp3) is 0.188. The van der Waals surface area contributed by atoms with E-state index in [-0.39, 0.29) is 17.1 Å². The monoisotopic (exact) mass is 369 g/mol. The first-order chi connectivity index (χ1) is 12.2. The summed E-state index contributed by atoms with van der Waals surface area (Å²) >= 11 is 0. The minimum absolute atomic E-state index is 0.114. The number of aromatic nitrogens is 2. The Morgan fingerprint density at radius 3 is 2.54 bits per heavy atom. The Labute approximate surface area is 143 Å². The maximum Gasteiger partial charge on any atom is 0.449 e. The van der Waals surface area contributed by atoms with Crippen molar-refractivity contribution in [2.24, 2.45) is 0 Å². The highest BCUT2D eigenvalue weighted by Gasteiger charge is 2.35. The predicted octanol–water partition coefficient (Wildman–Crippen LogP) is 4.76. The summed E-state index contributed by atoms with van der Waals surface area (Å²) in [5.74, 6) is -2.32. The molecule has 0 radical (unpaired) electrons. The lowest BCUT2D eigenvalue weighted by atomic mass is 10.2. The lowest BCUT2D eigenvalue weighted by Crippen LogP contribution is -2.03. The second kappa shape index (κ2) is 6.28. The Hall–Kier alpha value is -3.17. The molecule has 26 heavy (non-hydrogen) atoms. The molecule has 0 saturated heterocycles. The summed E-state index contributed by atoms with van der Waals surface area (Å²) in [6.07, 6.45) is -4.18. The van der Waals surface area contributed by atoms with Crippen molar-refractivity contribution in [2.45, 2.75) is 19.5 Å². The second-order valence-corrected chi connectivity index (χ2v) is 5.34. The molecule has 0 aliphatic heterocycles. The van der Waals surface area contributed by atoms with Crippen LogP contribution in [-0.2, 0) is 12.6 Å². The molecule has 0 saturated carbocycles. The van der Waals surface area contributed by atoms with Crippen molar-refractivity contribution < 1.29 is 26.9 Å². The van der Waals surface area contributed by atoms with Gasteiger partial charge < -0.3 is 4.42 Å². The number of benzene rings is 1. The number of aryl methyl sites for hydroxylation is 1. The SMILES string of the molecule is CCc1cc(-c2ccc(C(F)(F)F)o2)n(-c2ccc(F)c([N+](=O)[O-])c2)n1. The molecular weight excluding hydrogens is 358 g/mol. The number of hydrogen-bond acceptors (Lipinski definition) is 4. The van der Waals surface area contributed by atoms with Crippen molar-refractivity contribution in [3.8, 4) is 17.1 Å². The number of nitro groups is 1. The van der Waals surface area contributed by atoms with Gasteiger partial charge in [-0.05, 0) is 36.8 Å². The molecule has 0 atom stereocenters. The summed E-state index contributed by atoms with van der Waals surface area (Å²) in [7, 11) is 0. The Balaban J connectivity index is 2.15. The van der Waals surface area contributed by atoms with Gasteiger partial charge in [0.25, 0.3) is 0 Å². The Morgan fingerprint density at radius 2 is 1.96 bits per heavy atom. The third-order valence-electron chi connectivity index (χ3n) is 3.63. The number of hydrogen-bond donors (Lipinski definition) is 0. The lowest BCUT2D eigenvalue weighted by molar-refractivity contribution is -0.387. The van der Waals surface area contributed by atoms with Crippen molar-refractivity contribution in [1.82, 2.24) is 9.78 Å². The Bertz CT molecular complexity index is 976. The van der Waals surface area contributed by atoms with Crippen LogP contribution in [0.15, 0.2) is 40.8 Å². The zero-order valence-electron chi connectivity index (χ0n) is 13.2. The van der Waals surface area contributed by atoms with Crippen LogP contribution in [0.2, 0.25) is 0 Å². The molecule has 3 aromatic rings. The van der Waals surface area contributed by atoms with E-state index >= 15 is 0 Å². The summed E-state index contributed by atoms with van der Waals surface area (Å²) in [5.41, 5.74) is 0.0466. The maximum absolute atomic E-state index is 13.6. The lowest BCUT2D eigenvalue weighted by Gasteiger charge is -2.06. The molecule has 0 aliphatic carbocycles. The molecule has 3 rings (SSSR count). The van der Waals surface area contributed by atoms with E-state index in [2.05, 4.69) is 5.10 Å². The van der Waals surface area contributed by atoms with Gasteiger partial charge in [0, 0.05) is 6.07 Å². The van der Waals surface area contributed by atoms with Gasteiger partial charge in [-0.3, -0.25) is 10.1 Å². The predicted molar refractivity (Wildman–Crippen MR) is 82.3 cm³/mol. The molecule has 0 N–H and O–H groups in total. The topological polar surface area (TPSA) is 74.1 Å². The molecule has 10 heteroatoms. The Kier molecular flexibility index (Phi) is 4.26. The molecule has 0 spiro atoms.